The van der Waals surface area contributed by atoms with Gasteiger partial charge in [-0.25, -0.2) is 8.42 Å². The van der Waals surface area contributed by atoms with E-state index in [1.807, 2.05) is 49.2 Å². The molecule has 1 atom stereocenters. The van der Waals surface area contributed by atoms with E-state index in [1.165, 1.54) is 0 Å². The second-order valence-corrected chi connectivity index (χ2v) is 7.76. The number of hydrogen-bond donors (Lipinski definition) is 1. The molecule has 1 saturated heterocycles. The topological polar surface area (TPSA) is 49.4 Å². The lowest BCUT2D eigenvalue weighted by molar-refractivity contribution is 0.266. The van der Waals surface area contributed by atoms with Crippen LogP contribution in [0, 0.1) is 0 Å². The largest absolute Gasteiger partial charge is 0.346 e. The Labute approximate surface area is 119 Å². The van der Waals surface area contributed by atoms with Gasteiger partial charge in [-0.2, -0.15) is 0 Å². The Morgan fingerprint density at radius 2 is 2.00 bits per heavy atom. The van der Waals surface area contributed by atoms with Gasteiger partial charge < -0.3 is 10.2 Å². The molecule has 104 valence electrons. The van der Waals surface area contributed by atoms with E-state index in [4.69, 9.17) is 12.2 Å². The molecule has 1 N–H and O–H groups in total. The molecule has 1 fully saturated rings. The van der Waals surface area contributed by atoms with Crippen LogP contribution in [0.3, 0.4) is 0 Å². The predicted octanol–water partition coefficient (Wildman–Crippen LogP) is 1.89. The van der Waals surface area contributed by atoms with Crippen molar-refractivity contribution < 1.29 is 8.42 Å². The summed E-state index contributed by atoms with van der Waals surface area (Å²) < 4.78 is 23.3. The lowest BCUT2D eigenvalue weighted by atomic mass is 10.0. The fraction of sp³-hybridized carbons (Fsp3) is 0.462. The third-order valence-electron chi connectivity index (χ3n) is 3.62. The number of benzene rings is 1. The number of para-hydroxylation sites is 1. The number of anilines is 1. The third-order valence-corrected chi connectivity index (χ3v) is 5.89. The molecule has 0 amide bonds. The summed E-state index contributed by atoms with van der Waals surface area (Å²) in [7, 11) is -1.09. The summed E-state index contributed by atoms with van der Waals surface area (Å²) in [5.74, 6) is 0.398. The zero-order valence-electron chi connectivity index (χ0n) is 11.1. The second-order valence-electron chi connectivity index (χ2n) is 5.19. The van der Waals surface area contributed by atoms with Gasteiger partial charge in [0.2, 0.25) is 0 Å². The normalized spacial score (nSPS) is 24.9. The Morgan fingerprint density at radius 3 is 2.53 bits per heavy atom. The maximum atomic E-state index is 11.6. The highest BCUT2D eigenvalue weighted by Crippen LogP contribution is 2.28. The Kier molecular flexibility index (Phi) is 3.82. The zero-order valence-corrected chi connectivity index (χ0v) is 12.7. The maximum absolute atomic E-state index is 11.6. The molecule has 4 nitrogen and oxygen atoms in total. The summed E-state index contributed by atoms with van der Waals surface area (Å²) in [4.78, 5) is 1.86. The van der Waals surface area contributed by atoms with Crippen molar-refractivity contribution in [3.8, 4) is 0 Å². The van der Waals surface area contributed by atoms with E-state index in [0.717, 1.165) is 5.69 Å². The van der Waals surface area contributed by atoms with Gasteiger partial charge in [0.1, 0.15) is 0 Å². The Morgan fingerprint density at radius 1 is 1.37 bits per heavy atom. The number of nitrogens with zero attached hydrogens (tertiary/aromatic N) is 1. The molecule has 0 radical (unpaired) electrons. The predicted molar refractivity (Wildman–Crippen MR) is 82.1 cm³/mol. The van der Waals surface area contributed by atoms with Crippen LogP contribution in [0.25, 0.3) is 0 Å². The van der Waals surface area contributed by atoms with Crippen molar-refractivity contribution in [3.63, 3.8) is 0 Å². The monoisotopic (exact) mass is 298 g/mol. The van der Waals surface area contributed by atoms with Gasteiger partial charge in [-0.3, -0.25) is 0 Å². The second kappa shape index (κ2) is 5.09. The minimum absolute atomic E-state index is 0.160. The summed E-state index contributed by atoms with van der Waals surface area (Å²) in [5.41, 5.74) is 0.487. The van der Waals surface area contributed by atoms with Crippen LogP contribution in [0.1, 0.15) is 13.3 Å². The van der Waals surface area contributed by atoms with Crippen molar-refractivity contribution in [1.82, 2.24) is 4.90 Å². The summed E-state index contributed by atoms with van der Waals surface area (Å²) >= 11 is 5.36. The number of thiocarbonyl (C=S) groups is 1. The number of nitrogens with one attached hydrogen (secondary N) is 1. The highest BCUT2D eigenvalue weighted by molar-refractivity contribution is 7.91. The molecular formula is C13H18N2O2S2. The standard InChI is InChI=1S/C13H18N2O2S2/c1-13(8-9-19(16,17)10-13)15(2)12(18)14-11-6-4-3-5-7-11/h3-7H,8-10H2,1-2H3,(H,14,18)/t13-/m0/s1. The van der Waals surface area contributed by atoms with Crippen LogP contribution in [-0.4, -0.2) is 42.5 Å². The minimum atomic E-state index is -2.93. The summed E-state index contributed by atoms with van der Waals surface area (Å²) in [5, 5.41) is 3.68. The fourth-order valence-corrected chi connectivity index (χ4v) is 4.75. The Balaban J connectivity index is 2.08. The molecule has 0 unspecified atom stereocenters. The van der Waals surface area contributed by atoms with Crippen LogP contribution >= 0.6 is 12.2 Å². The van der Waals surface area contributed by atoms with Gasteiger partial charge in [-0.15, -0.1) is 0 Å². The molecule has 6 heteroatoms. The molecule has 0 bridgehead atoms. The van der Waals surface area contributed by atoms with E-state index in [0.29, 0.717) is 11.5 Å². The molecule has 2 rings (SSSR count). The van der Waals surface area contributed by atoms with Crippen molar-refractivity contribution in [3.05, 3.63) is 30.3 Å². The van der Waals surface area contributed by atoms with Crippen molar-refractivity contribution in [2.45, 2.75) is 18.9 Å². The van der Waals surface area contributed by atoms with Crippen molar-refractivity contribution in [2.24, 2.45) is 0 Å². The average molecular weight is 298 g/mol. The van der Waals surface area contributed by atoms with Gasteiger partial charge in [0.05, 0.1) is 17.0 Å². The van der Waals surface area contributed by atoms with Crippen molar-refractivity contribution >= 4 is 32.9 Å². The van der Waals surface area contributed by atoms with Crippen LogP contribution in [0.2, 0.25) is 0 Å². The van der Waals surface area contributed by atoms with Crippen LogP contribution < -0.4 is 5.32 Å². The molecule has 1 aliphatic rings. The van der Waals surface area contributed by atoms with E-state index in [9.17, 15) is 8.42 Å². The first kappa shape index (κ1) is 14.3. The number of sulfone groups is 1. The fourth-order valence-electron chi connectivity index (χ4n) is 2.23. The molecule has 1 aromatic rings. The zero-order chi connectivity index (χ0) is 14.1. The number of rotatable bonds is 2. The molecule has 19 heavy (non-hydrogen) atoms. The van der Waals surface area contributed by atoms with Crippen molar-refractivity contribution in [1.29, 1.82) is 0 Å². The molecule has 0 spiro atoms. The first-order valence-corrected chi connectivity index (χ1v) is 8.36. The van der Waals surface area contributed by atoms with Crippen LogP contribution in [0.15, 0.2) is 30.3 Å². The van der Waals surface area contributed by atoms with Crippen LogP contribution in [0.4, 0.5) is 5.69 Å². The van der Waals surface area contributed by atoms with Gasteiger partial charge >= 0.3 is 0 Å². The highest BCUT2D eigenvalue weighted by atomic mass is 32.2. The Bertz CT molecular complexity index is 572. The summed E-state index contributed by atoms with van der Waals surface area (Å²) in [6.45, 7) is 1.94. The smallest absolute Gasteiger partial charge is 0.173 e. The van der Waals surface area contributed by atoms with Gasteiger partial charge in [0.15, 0.2) is 14.9 Å². The van der Waals surface area contributed by atoms with Gasteiger partial charge in [0, 0.05) is 12.7 Å². The van der Waals surface area contributed by atoms with E-state index in [2.05, 4.69) is 5.32 Å². The van der Waals surface area contributed by atoms with E-state index < -0.39 is 15.4 Å². The first-order valence-electron chi connectivity index (χ1n) is 6.13. The number of hydrogen-bond acceptors (Lipinski definition) is 3. The lowest BCUT2D eigenvalue weighted by Gasteiger charge is -2.36. The van der Waals surface area contributed by atoms with Gasteiger partial charge in [-0.1, -0.05) is 18.2 Å². The Hall–Kier alpha value is -1.14. The molecule has 0 saturated carbocycles. The van der Waals surface area contributed by atoms with Crippen LogP contribution in [-0.2, 0) is 9.84 Å². The first-order chi connectivity index (χ1) is 8.82. The summed E-state index contributed by atoms with van der Waals surface area (Å²) in [6, 6.07) is 9.63. The molecule has 0 aliphatic carbocycles. The maximum Gasteiger partial charge on any atom is 0.173 e. The van der Waals surface area contributed by atoms with E-state index in [-0.39, 0.29) is 11.5 Å². The molecule has 0 aromatic heterocycles. The minimum Gasteiger partial charge on any atom is -0.346 e. The quantitative estimate of drug-likeness (QED) is 0.845. The molecule has 1 heterocycles. The van der Waals surface area contributed by atoms with Crippen LogP contribution in [0.5, 0.6) is 0 Å². The van der Waals surface area contributed by atoms with E-state index in [1.54, 1.807) is 0 Å². The molecule has 1 aromatic carbocycles. The molecule has 1 aliphatic heterocycles. The average Bonchev–Trinajstić information content (AvgIpc) is 2.65. The highest BCUT2D eigenvalue weighted by Gasteiger charge is 2.42. The third kappa shape index (κ3) is 3.25. The molecular weight excluding hydrogens is 280 g/mol. The van der Waals surface area contributed by atoms with E-state index >= 15 is 0 Å². The summed E-state index contributed by atoms with van der Waals surface area (Å²) in [6.07, 6.45) is 0.614. The lowest BCUT2D eigenvalue weighted by Crippen LogP contribution is -2.49. The SMILES string of the molecule is CN(C(=S)Nc1ccccc1)[C@@]1(C)CCS(=O)(=O)C1. The van der Waals surface area contributed by atoms with Gasteiger partial charge in [0.25, 0.3) is 0 Å². The van der Waals surface area contributed by atoms with Gasteiger partial charge in [-0.05, 0) is 37.7 Å². The van der Waals surface area contributed by atoms with Crippen molar-refractivity contribution in [2.75, 3.05) is 23.9 Å².